The molecule has 0 aromatic heterocycles. The van der Waals surface area contributed by atoms with E-state index >= 15 is 0 Å². The second kappa shape index (κ2) is 3.91. The lowest BCUT2D eigenvalue weighted by Crippen LogP contribution is -2.19. The van der Waals surface area contributed by atoms with Crippen LogP contribution in [0.1, 0.15) is 13.3 Å². The highest BCUT2D eigenvalue weighted by molar-refractivity contribution is 4.63. The summed E-state index contributed by atoms with van der Waals surface area (Å²) in [7, 11) is 0. The molecule has 1 rings (SSSR count). The average Bonchev–Trinajstić information content (AvgIpc) is 2.31. The standard InChI is InChI=1S/C7H14O3/c1-6-2-4-9-7(6)10-5-3-8/h6-8H,2-5H2,1H3/t6-,7-/m1/s1. The fourth-order valence-electron chi connectivity index (χ4n) is 1.05. The summed E-state index contributed by atoms with van der Waals surface area (Å²) in [6, 6.07) is 0. The molecule has 3 heteroatoms. The van der Waals surface area contributed by atoms with Gasteiger partial charge in [0.2, 0.25) is 0 Å². The second-order valence-electron chi connectivity index (χ2n) is 2.60. The van der Waals surface area contributed by atoms with Crippen molar-refractivity contribution in [2.75, 3.05) is 19.8 Å². The summed E-state index contributed by atoms with van der Waals surface area (Å²) in [5.41, 5.74) is 0. The van der Waals surface area contributed by atoms with Crippen LogP contribution >= 0.6 is 0 Å². The zero-order chi connectivity index (χ0) is 7.40. The van der Waals surface area contributed by atoms with Gasteiger partial charge in [0.1, 0.15) is 0 Å². The Bertz CT molecular complexity index is 94.9. The minimum absolute atomic E-state index is 0.0760. The zero-order valence-corrected chi connectivity index (χ0v) is 6.25. The molecule has 1 aliphatic rings. The van der Waals surface area contributed by atoms with Crippen molar-refractivity contribution in [2.24, 2.45) is 5.92 Å². The van der Waals surface area contributed by atoms with Crippen molar-refractivity contribution >= 4 is 0 Å². The van der Waals surface area contributed by atoms with E-state index < -0.39 is 0 Å². The highest BCUT2D eigenvalue weighted by atomic mass is 16.7. The van der Waals surface area contributed by atoms with Gasteiger partial charge < -0.3 is 14.6 Å². The first-order valence-corrected chi connectivity index (χ1v) is 3.68. The molecule has 0 bridgehead atoms. The van der Waals surface area contributed by atoms with Crippen molar-refractivity contribution in [3.8, 4) is 0 Å². The maximum atomic E-state index is 8.43. The zero-order valence-electron chi connectivity index (χ0n) is 6.25. The van der Waals surface area contributed by atoms with E-state index in [1.165, 1.54) is 0 Å². The molecule has 1 aliphatic heterocycles. The molecule has 0 radical (unpaired) electrons. The quantitative estimate of drug-likeness (QED) is 0.625. The summed E-state index contributed by atoms with van der Waals surface area (Å²) in [5, 5.41) is 8.43. The second-order valence-corrected chi connectivity index (χ2v) is 2.60. The van der Waals surface area contributed by atoms with E-state index in [9.17, 15) is 0 Å². The third-order valence-electron chi connectivity index (χ3n) is 1.69. The van der Waals surface area contributed by atoms with Gasteiger partial charge >= 0.3 is 0 Å². The summed E-state index contributed by atoms with van der Waals surface area (Å²) in [5.74, 6) is 0.478. The van der Waals surface area contributed by atoms with E-state index in [0.717, 1.165) is 13.0 Å². The van der Waals surface area contributed by atoms with Crippen LogP contribution in [-0.4, -0.2) is 31.2 Å². The minimum atomic E-state index is -0.0767. The lowest BCUT2D eigenvalue weighted by atomic mass is 10.1. The van der Waals surface area contributed by atoms with Crippen LogP contribution in [0.25, 0.3) is 0 Å². The Kier molecular flexibility index (Phi) is 3.12. The van der Waals surface area contributed by atoms with Crippen molar-refractivity contribution in [1.82, 2.24) is 0 Å². The first-order valence-electron chi connectivity index (χ1n) is 3.68. The van der Waals surface area contributed by atoms with Crippen molar-refractivity contribution < 1.29 is 14.6 Å². The van der Waals surface area contributed by atoms with E-state index in [-0.39, 0.29) is 12.9 Å². The SMILES string of the molecule is C[C@@H]1CCO[C@@H]1OCCO. The predicted octanol–water partition coefficient (Wildman–Crippen LogP) is 0.378. The largest absolute Gasteiger partial charge is 0.394 e. The average molecular weight is 146 g/mol. The number of hydrogen-bond donors (Lipinski definition) is 1. The van der Waals surface area contributed by atoms with E-state index in [0.29, 0.717) is 12.5 Å². The normalized spacial score (nSPS) is 33.0. The molecule has 3 nitrogen and oxygen atoms in total. The molecular weight excluding hydrogens is 132 g/mol. The van der Waals surface area contributed by atoms with Crippen LogP contribution in [0.3, 0.4) is 0 Å². The van der Waals surface area contributed by atoms with Gasteiger partial charge in [-0.25, -0.2) is 0 Å². The third kappa shape index (κ3) is 1.94. The molecule has 2 atom stereocenters. The van der Waals surface area contributed by atoms with Crippen LogP contribution in [-0.2, 0) is 9.47 Å². The van der Waals surface area contributed by atoms with Gasteiger partial charge in [-0.1, -0.05) is 6.92 Å². The summed E-state index contributed by atoms with van der Waals surface area (Å²) in [4.78, 5) is 0. The Morgan fingerprint density at radius 3 is 3.00 bits per heavy atom. The van der Waals surface area contributed by atoms with Crippen LogP contribution in [0.5, 0.6) is 0 Å². The molecule has 0 saturated carbocycles. The lowest BCUT2D eigenvalue weighted by molar-refractivity contribution is -0.134. The highest BCUT2D eigenvalue weighted by Crippen LogP contribution is 2.20. The molecule has 0 spiro atoms. The smallest absolute Gasteiger partial charge is 0.160 e. The number of aliphatic hydroxyl groups is 1. The summed E-state index contributed by atoms with van der Waals surface area (Å²) < 4.78 is 10.4. The summed E-state index contributed by atoms with van der Waals surface area (Å²) in [6.07, 6.45) is 0.989. The number of ether oxygens (including phenoxy) is 2. The molecule has 10 heavy (non-hydrogen) atoms. The molecule has 0 aromatic carbocycles. The Morgan fingerprint density at radius 2 is 2.50 bits per heavy atom. The van der Waals surface area contributed by atoms with Crippen molar-refractivity contribution in [3.63, 3.8) is 0 Å². The van der Waals surface area contributed by atoms with Crippen LogP contribution in [0.15, 0.2) is 0 Å². The van der Waals surface area contributed by atoms with Gasteiger partial charge in [-0.15, -0.1) is 0 Å². The van der Waals surface area contributed by atoms with E-state index in [1.54, 1.807) is 0 Å². The number of hydrogen-bond acceptors (Lipinski definition) is 3. The molecule has 1 N–H and O–H groups in total. The molecule has 0 aliphatic carbocycles. The van der Waals surface area contributed by atoms with Gasteiger partial charge in [0, 0.05) is 5.92 Å². The van der Waals surface area contributed by atoms with E-state index in [1.807, 2.05) is 0 Å². The fraction of sp³-hybridized carbons (Fsp3) is 1.00. The lowest BCUT2D eigenvalue weighted by Gasteiger charge is -2.13. The van der Waals surface area contributed by atoms with E-state index in [2.05, 4.69) is 6.92 Å². The molecule has 0 amide bonds. The Hall–Kier alpha value is -0.120. The van der Waals surface area contributed by atoms with Gasteiger partial charge in [0.25, 0.3) is 0 Å². The van der Waals surface area contributed by atoms with Crippen LogP contribution in [0.2, 0.25) is 0 Å². The topological polar surface area (TPSA) is 38.7 Å². The van der Waals surface area contributed by atoms with Crippen molar-refractivity contribution in [2.45, 2.75) is 19.6 Å². The Morgan fingerprint density at radius 1 is 1.70 bits per heavy atom. The van der Waals surface area contributed by atoms with Crippen molar-refractivity contribution in [1.29, 1.82) is 0 Å². The molecule has 60 valence electrons. The monoisotopic (exact) mass is 146 g/mol. The highest BCUT2D eigenvalue weighted by Gasteiger charge is 2.24. The maximum absolute atomic E-state index is 8.43. The van der Waals surface area contributed by atoms with Gasteiger partial charge in [-0.2, -0.15) is 0 Å². The van der Waals surface area contributed by atoms with Gasteiger partial charge in [-0.05, 0) is 6.42 Å². The maximum Gasteiger partial charge on any atom is 0.160 e. The Labute approximate surface area is 60.9 Å². The first kappa shape index (κ1) is 7.98. The molecule has 1 fully saturated rings. The number of aliphatic hydroxyl groups excluding tert-OH is 1. The minimum Gasteiger partial charge on any atom is -0.394 e. The van der Waals surface area contributed by atoms with Crippen molar-refractivity contribution in [3.05, 3.63) is 0 Å². The van der Waals surface area contributed by atoms with Crippen LogP contribution in [0, 0.1) is 5.92 Å². The van der Waals surface area contributed by atoms with Gasteiger partial charge in [-0.3, -0.25) is 0 Å². The van der Waals surface area contributed by atoms with Crippen LogP contribution in [0.4, 0.5) is 0 Å². The van der Waals surface area contributed by atoms with Gasteiger partial charge in [0.05, 0.1) is 19.8 Å². The summed E-state index contributed by atoms with van der Waals surface area (Å²) in [6.45, 7) is 3.34. The van der Waals surface area contributed by atoms with E-state index in [4.69, 9.17) is 14.6 Å². The molecule has 0 aromatic rings. The molecule has 0 unspecified atom stereocenters. The number of rotatable bonds is 3. The molecule has 1 heterocycles. The molecular formula is C7H14O3. The fourth-order valence-corrected chi connectivity index (χ4v) is 1.05. The van der Waals surface area contributed by atoms with Crippen LogP contribution < -0.4 is 0 Å². The summed E-state index contributed by atoms with van der Waals surface area (Å²) >= 11 is 0. The molecule has 1 saturated heterocycles. The Balaban J connectivity index is 2.14. The first-order chi connectivity index (χ1) is 4.84. The van der Waals surface area contributed by atoms with Gasteiger partial charge in [0.15, 0.2) is 6.29 Å². The third-order valence-corrected chi connectivity index (χ3v) is 1.69. The predicted molar refractivity (Wildman–Crippen MR) is 36.6 cm³/mol.